The second-order valence-corrected chi connectivity index (χ2v) is 9.46. The van der Waals surface area contributed by atoms with Gasteiger partial charge in [-0.3, -0.25) is 9.59 Å². The molecule has 2 unspecified atom stereocenters. The van der Waals surface area contributed by atoms with Crippen LogP contribution in [0.25, 0.3) is 0 Å². The third-order valence-corrected chi connectivity index (χ3v) is 7.27. The zero-order valence-electron chi connectivity index (χ0n) is 14.7. The molecule has 2 N–H and O–H groups in total. The lowest BCUT2D eigenvalue weighted by molar-refractivity contribution is -0.121. The Kier molecular flexibility index (Phi) is 6.51. The van der Waals surface area contributed by atoms with Gasteiger partial charge in [0.2, 0.25) is 11.8 Å². The Morgan fingerprint density at radius 1 is 1.36 bits per heavy atom. The van der Waals surface area contributed by atoms with Gasteiger partial charge >= 0.3 is 0 Å². The first kappa shape index (κ1) is 19.8. The van der Waals surface area contributed by atoms with Crippen molar-refractivity contribution in [3.63, 3.8) is 0 Å². The molecule has 1 aliphatic heterocycles. The number of sulfone groups is 1. The standard InChI is InChI=1S/C17H24N2O4S2/c1-4-11(3)18-16(20)8-9-25(22,23)12-6-7-15-13(10-12)19-17(21)14(5-2)24-15/h6-7,10-11,14H,4-5,8-9H2,1-3H3,(H,18,20)(H,19,21). The minimum absolute atomic E-state index is 0.0256. The Labute approximate surface area is 153 Å². The highest BCUT2D eigenvalue weighted by Gasteiger charge is 2.27. The van der Waals surface area contributed by atoms with Crippen LogP contribution in [-0.4, -0.2) is 37.3 Å². The fraction of sp³-hybridized carbons (Fsp3) is 0.529. The Bertz CT molecular complexity index is 762. The van der Waals surface area contributed by atoms with Gasteiger partial charge in [0.1, 0.15) is 0 Å². The molecule has 0 radical (unpaired) electrons. The van der Waals surface area contributed by atoms with Crippen molar-refractivity contribution < 1.29 is 18.0 Å². The molecule has 8 heteroatoms. The summed E-state index contributed by atoms with van der Waals surface area (Å²) in [5, 5.41) is 5.37. The van der Waals surface area contributed by atoms with E-state index < -0.39 is 9.84 Å². The average molecular weight is 385 g/mol. The van der Waals surface area contributed by atoms with E-state index >= 15 is 0 Å². The van der Waals surface area contributed by atoms with Gasteiger partial charge in [0.05, 0.1) is 21.6 Å². The summed E-state index contributed by atoms with van der Waals surface area (Å²) >= 11 is 1.44. The maximum Gasteiger partial charge on any atom is 0.237 e. The largest absolute Gasteiger partial charge is 0.354 e. The number of nitrogens with one attached hydrogen (secondary N) is 2. The summed E-state index contributed by atoms with van der Waals surface area (Å²) in [6, 6.07) is 4.76. The first-order chi connectivity index (χ1) is 11.8. The summed E-state index contributed by atoms with van der Waals surface area (Å²) in [7, 11) is -3.59. The van der Waals surface area contributed by atoms with Gasteiger partial charge in [0.15, 0.2) is 9.84 Å². The van der Waals surface area contributed by atoms with Crippen LogP contribution in [0.2, 0.25) is 0 Å². The van der Waals surface area contributed by atoms with Crippen LogP contribution in [0, 0.1) is 0 Å². The SMILES string of the molecule is CCC(C)NC(=O)CCS(=O)(=O)c1ccc2c(c1)NC(=O)C(CC)S2. The molecular weight excluding hydrogens is 360 g/mol. The molecular formula is C17H24N2O4S2. The molecule has 25 heavy (non-hydrogen) atoms. The van der Waals surface area contributed by atoms with Crippen LogP contribution in [-0.2, 0) is 19.4 Å². The molecule has 1 aromatic carbocycles. The van der Waals surface area contributed by atoms with Crippen LogP contribution in [0.15, 0.2) is 28.0 Å². The number of anilines is 1. The summed E-state index contributed by atoms with van der Waals surface area (Å²) in [6.07, 6.45) is 1.42. The molecule has 6 nitrogen and oxygen atoms in total. The number of thioether (sulfide) groups is 1. The molecule has 1 aromatic rings. The van der Waals surface area contributed by atoms with Crippen molar-refractivity contribution in [1.29, 1.82) is 0 Å². The van der Waals surface area contributed by atoms with Crippen molar-refractivity contribution >= 4 is 39.1 Å². The molecule has 138 valence electrons. The number of amides is 2. The Morgan fingerprint density at radius 3 is 2.72 bits per heavy atom. The molecule has 2 atom stereocenters. The predicted molar refractivity (Wildman–Crippen MR) is 99.6 cm³/mol. The monoisotopic (exact) mass is 384 g/mol. The summed E-state index contributed by atoms with van der Waals surface area (Å²) < 4.78 is 25.0. The maximum absolute atomic E-state index is 12.5. The van der Waals surface area contributed by atoms with E-state index in [0.29, 0.717) is 12.1 Å². The number of benzene rings is 1. The van der Waals surface area contributed by atoms with E-state index in [-0.39, 0.29) is 40.2 Å². The summed E-state index contributed by atoms with van der Waals surface area (Å²) in [4.78, 5) is 24.7. The van der Waals surface area contributed by atoms with Crippen LogP contribution in [0.3, 0.4) is 0 Å². The fourth-order valence-electron chi connectivity index (χ4n) is 2.39. The van der Waals surface area contributed by atoms with E-state index in [1.165, 1.54) is 23.9 Å². The van der Waals surface area contributed by atoms with Gasteiger partial charge in [0.25, 0.3) is 0 Å². The number of fused-ring (bicyclic) bond motifs is 1. The Hall–Kier alpha value is -1.54. The minimum Gasteiger partial charge on any atom is -0.354 e. The number of hydrogen-bond donors (Lipinski definition) is 2. The van der Waals surface area contributed by atoms with Gasteiger partial charge in [-0.25, -0.2) is 8.42 Å². The fourth-order valence-corrected chi connectivity index (χ4v) is 4.67. The normalized spacial score (nSPS) is 18.2. The van der Waals surface area contributed by atoms with Gasteiger partial charge in [-0.2, -0.15) is 0 Å². The lowest BCUT2D eigenvalue weighted by atomic mass is 10.2. The van der Waals surface area contributed by atoms with Crippen LogP contribution < -0.4 is 10.6 Å². The van der Waals surface area contributed by atoms with Crippen molar-refractivity contribution in [2.45, 2.75) is 61.1 Å². The predicted octanol–water partition coefficient (Wildman–Crippen LogP) is 2.59. The Balaban J connectivity index is 2.09. The van der Waals surface area contributed by atoms with Gasteiger partial charge in [0, 0.05) is 17.4 Å². The van der Waals surface area contributed by atoms with E-state index in [1.807, 2.05) is 20.8 Å². The van der Waals surface area contributed by atoms with E-state index in [2.05, 4.69) is 10.6 Å². The summed E-state index contributed by atoms with van der Waals surface area (Å²) in [5.41, 5.74) is 0.518. The number of rotatable bonds is 7. The second-order valence-electron chi connectivity index (χ2n) is 6.11. The molecule has 0 bridgehead atoms. The van der Waals surface area contributed by atoms with E-state index in [9.17, 15) is 18.0 Å². The van der Waals surface area contributed by atoms with Crippen LogP contribution in [0.4, 0.5) is 5.69 Å². The lowest BCUT2D eigenvalue weighted by Crippen LogP contribution is -2.33. The maximum atomic E-state index is 12.5. The van der Waals surface area contributed by atoms with E-state index in [1.54, 1.807) is 6.07 Å². The third-order valence-electron chi connectivity index (χ3n) is 4.12. The number of carbonyl (C=O) groups excluding carboxylic acids is 2. The molecule has 1 heterocycles. The van der Waals surface area contributed by atoms with Crippen LogP contribution in [0.1, 0.15) is 40.0 Å². The number of hydrogen-bond acceptors (Lipinski definition) is 5. The van der Waals surface area contributed by atoms with Crippen LogP contribution >= 0.6 is 11.8 Å². The van der Waals surface area contributed by atoms with Gasteiger partial charge in [-0.15, -0.1) is 11.8 Å². The summed E-state index contributed by atoms with van der Waals surface area (Å²) in [5.74, 6) is -0.639. The highest BCUT2D eigenvalue weighted by molar-refractivity contribution is 8.01. The zero-order chi connectivity index (χ0) is 18.6. The molecule has 0 saturated carbocycles. The minimum atomic E-state index is -3.59. The highest BCUT2D eigenvalue weighted by Crippen LogP contribution is 2.38. The molecule has 0 saturated heterocycles. The van der Waals surface area contributed by atoms with Crippen LogP contribution in [0.5, 0.6) is 0 Å². The van der Waals surface area contributed by atoms with E-state index in [0.717, 1.165) is 11.3 Å². The van der Waals surface area contributed by atoms with Crippen molar-refractivity contribution in [2.75, 3.05) is 11.1 Å². The lowest BCUT2D eigenvalue weighted by Gasteiger charge is -2.23. The van der Waals surface area contributed by atoms with Crippen molar-refractivity contribution in [3.05, 3.63) is 18.2 Å². The van der Waals surface area contributed by atoms with Crippen molar-refractivity contribution in [2.24, 2.45) is 0 Å². The highest BCUT2D eigenvalue weighted by atomic mass is 32.2. The molecule has 1 aliphatic rings. The molecule has 2 rings (SSSR count). The topological polar surface area (TPSA) is 92.3 Å². The van der Waals surface area contributed by atoms with Gasteiger partial charge < -0.3 is 10.6 Å². The first-order valence-corrected chi connectivity index (χ1v) is 10.9. The molecule has 0 fully saturated rings. The van der Waals surface area contributed by atoms with Gasteiger partial charge in [-0.1, -0.05) is 13.8 Å². The molecule has 0 aliphatic carbocycles. The zero-order valence-corrected chi connectivity index (χ0v) is 16.3. The average Bonchev–Trinajstić information content (AvgIpc) is 2.58. The first-order valence-electron chi connectivity index (χ1n) is 8.40. The Morgan fingerprint density at radius 2 is 2.08 bits per heavy atom. The molecule has 0 aromatic heterocycles. The van der Waals surface area contributed by atoms with Crippen molar-refractivity contribution in [1.82, 2.24) is 5.32 Å². The molecule has 0 spiro atoms. The third kappa shape index (κ3) is 4.98. The van der Waals surface area contributed by atoms with Gasteiger partial charge in [-0.05, 0) is 38.0 Å². The molecule has 2 amide bonds. The quantitative estimate of drug-likeness (QED) is 0.754. The van der Waals surface area contributed by atoms with Crippen molar-refractivity contribution in [3.8, 4) is 0 Å². The smallest absolute Gasteiger partial charge is 0.237 e. The second kappa shape index (κ2) is 8.23. The summed E-state index contributed by atoms with van der Waals surface area (Å²) in [6.45, 7) is 5.76. The van der Waals surface area contributed by atoms with E-state index in [4.69, 9.17) is 0 Å². The number of carbonyl (C=O) groups is 2.